The lowest BCUT2D eigenvalue weighted by Gasteiger charge is -2.16. The number of rotatable bonds is 10. The third-order valence-electron chi connectivity index (χ3n) is 1.85. The highest BCUT2D eigenvalue weighted by Gasteiger charge is 2.23. The third kappa shape index (κ3) is 8.03. The van der Waals surface area contributed by atoms with Crippen molar-refractivity contribution in [3.8, 4) is 0 Å². The van der Waals surface area contributed by atoms with Gasteiger partial charge >= 0.3 is 23.9 Å². The molecule has 2 atom stereocenters. The van der Waals surface area contributed by atoms with Crippen LogP contribution in [0.3, 0.4) is 0 Å². The Morgan fingerprint density at radius 2 is 1.11 bits per heavy atom. The Balaban J connectivity index is 4.28. The van der Waals surface area contributed by atoms with Crippen LogP contribution in [0.1, 0.15) is 12.8 Å². The molecule has 0 spiro atoms. The molecule has 0 heterocycles. The van der Waals surface area contributed by atoms with Gasteiger partial charge in [-0.15, -0.1) is 0 Å². The first-order valence-corrected chi connectivity index (χ1v) is 5.89. The van der Waals surface area contributed by atoms with Crippen molar-refractivity contribution in [2.45, 2.75) is 24.9 Å². The first-order chi connectivity index (χ1) is 8.73. The van der Waals surface area contributed by atoms with Crippen molar-refractivity contribution in [3.63, 3.8) is 0 Å². The van der Waals surface area contributed by atoms with Gasteiger partial charge in [-0.2, -0.15) is 0 Å². The first-order valence-electron chi connectivity index (χ1n) is 4.89. The van der Waals surface area contributed by atoms with Crippen LogP contribution in [0.5, 0.6) is 0 Å². The Hall–Kier alpha value is -1.77. The SMILES string of the molecule is O=C(O)CC(NPNC(CC(=O)O)C(=O)O)C(=O)O. The molecule has 19 heavy (non-hydrogen) atoms. The molecule has 0 saturated carbocycles. The van der Waals surface area contributed by atoms with E-state index in [2.05, 4.69) is 10.2 Å². The van der Waals surface area contributed by atoms with E-state index in [0.717, 1.165) is 0 Å². The van der Waals surface area contributed by atoms with Gasteiger partial charge in [-0.1, -0.05) is 0 Å². The number of hydrogen-bond donors (Lipinski definition) is 6. The summed E-state index contributed by atoms with van der Waals surface area (Å²) in [4.78, 5) is 42.1. The lowest BCUT2D eigenvalue weighted by Crippen LogP contribution is -2.39. The van der Waals surface area contributed by atoms with Crippen molar-refractivity contribution in [1.29, 1.82) is 0 Å². The average molecular weight is 296 g/mol. The number of carboxylic acids is 4. The fourth-order valence-corrected chi connectivity index (χ4v) is 1.85. The molecule has 10 nitrogen and oxygen atoms in total. The van der Waals surface area contributed by atoms with E-state index in [4.69, 9.17) is 20.4 Å². The summed E-state index contributed by atoms with van der Waals surface area (Å²) in [5.74, 6) is -5.46. The highest BCUT2D eigenvalue weighted by molar-refractivity contribution is 7.33. The quantitative estimate of drug-likeness (QED) is 0.261. The second-order valence-corrected chi connectivity index (χ2v) is 4.22. The van der Waals surface area contributed by atoms with Gasteiger partial charge in [0.2, 0.25) is 0 Å². The summed E-state index contributed by atoms with van der Waals surface area (Å²) in [7, 11) is -0.611. The molecular weight excluding hydrogens is 283 g/mol. The predicted octanol–water partition coefficient (Wildman–Crippen LogP) is -1.47. The fraction of sp³-hybridized carbons (Fsp3) is 0.500. The smallest absolute Gasteiger partial charge is 0.321 e. The summed E-state index contributed by atoms with van der Waals surface area (Å²) in [6.07, 6.45) is -1.36. The van der Waals surface area contributed by atoms with Crippen molar-refractivity contribution >= 4 is 32.8 Å². The van der Waals surface area contributed by atoms with Crippen LogP contribution in [-0.4, -0.2) is 56.4 Å². The summed E-state index contributed by atoms with van der Waals surface area (Å²) < 4.78 is 0. The van der Waals surface area contributed by atoms with Crippen molar-refractivity contribution in [3.05, 3.63) is 0 Å². The van der Waals surface area contributed by atoms with Crippen LogP contribution in [-0.2, 0) is 19.2 Å². The zero-order valence-electron chi connectivity index (χ0n) is 9.49. The molecule has 108 valence electrons. The van der Waals surface area contributed by atoms with Gasteiger partial charge in [-0.3, -0.25) is 29.4 Å². The lowest BCUT2D eigenvalue weighted by molar-refractivity contribution is -0.145. The maximum absolute atomic E-state index is 10.7. The third-order valence-corrected chi connectivity index (χ3v) is 2.83. The molecule has 0 aliphatic carbocycles. The first kappa shape index (κ1) is 17.2. The Labute approximate surface area is 108 Å². The van der Waals surface area contributed by atoms with Crippen LogP contribution in [0.25, 0.3) is 0 Å². The van der Waals surface area contributed by atoms with E-state index in [1.54, 1.807) is 0 Å². The van der Waals surface area contributed by atoms with Crippen LogP contribution in [0, 0.1) is 0 Å². The summed E-state index contributed by atoms with van der Waals surface area (Å²) in [6, 6.07) is -2.77. The maximum atomic E-state index is 10.7. The standard InChI is InChI=1S/C8H13N2O8P/c11-5(12)1-3(7(15)16)9-19-10-4(8(17)18)2-6(13)14/h3-4,9-10,19H,1-2H2,(H,11,12)(H,13,14)(H,15,16)(H,17,18). The Kier molecular flexibility index (Phi) is 7.57. The molecule has 6 N–H and O–H groups in total. The van der Waals surface area contributed by atoms with Gasteiger partial charge < -0.3 is 20.4 Å². The van der Waals surface area contributed by atoms with Gasteiger partial charge in [-0.05, 0) is 0 Å². The van der Waals surface area contributed by atoms with Crippen LogP contribution in [0.15, 0.2) is 0 Å². The van der Waals surface area contributed by atoms with Crippen LogP contribution in [0.4, 0.5) is 0 Å². The van der Waals surface area contributed by atoms with Crippen molar-refractivity contribution in [1.82, 2.24) is 10.2 Å². The summed E-state index contributed by atoms with van der Waals surface area (Å²) in [6.45, 7) is 0. The van der Waals surface area contributed by atoms with E-state index in [1.165, 1.54) is 0 Å². The van der Waals surface area contributed by atoms with Gasteiger partial charge in [0.15, 0.2) is 0 Å². The molecule has 2 unspecified atom stereocenters. The van der Waals surface area contributed by atoms with Crippen molar-refractivity contribution in [2.24, 2.45) is 0 Å². The molecule has 0 aliphatic heterocycles. The number of nitrogens with one attached hydrogen (secondary N) is 2. The van der Waals surface area contributed by atoms with Crippen LogP contribution < -0.4 is 10.2 Å². The topological polar surface area (TPSA) is 173 Å². The molecule has 0 aromatic carbocycles. The fourth-order valence-electron chi connectivity index (χ4n) is 0.965. The average Bonchev–Trinajstić information content (AvgIpc) is 2.24. The van der Waals surface area contributed by atoms with E-state index in [-0.39, 0.29) is 0 Å². The van der Waals surface area contributed by atoms with Gasteiger partial charge in [0.05, 0.1) is 12.8 Å². The van der Waals surface area contributed by atoms with E-state index in [0.29, 0.717) is 0 Å². The van der Waals surface area contributed by atoms with E-state index in [9.17, 15) is 19.2 Å². The second kappa shape index (κ2) is 8.35. The molecule has 0 rings (SSSR count). The zero-order chi connectivity index (χ0) is 15.0. The summed E-state index contributed by atoms with van der Waals surface area (Å²) in [5, 5.41) is 38.9. The molecule has 11 heteroatoms. The molecule has 0 fully saturated rings. The van der Waals surface area contributed by atoms with Gasteiger partial charge in [0.1, 0.15) is 12.1 Å². The highest BCUT2D eigenvalue weighted by atomic mass is 31.1. The molecule has 0 bridgehead atoms. The largest absolute Gasteiger partial charge is 0.481 e. The molecular formula is C8H13N2O8P. The number of aliphatic carboxylic acids is 4. The molecule has 0 amide bonds. The monoisotopic (exact) mass is 296 g/mol. The van der Waals surface area contributed by atoms with Gasteiger partial charge in [0.25, 0.3) is 0 Å². The zero-order valence-corrected chi connectivity index (χ0v) is 10.5. The molecule has 0 aromatic heterocycles. The normalized spacial score (nSPS) is 14.1. The molecule has 0 aromatic rings. The Morgan fingerprint density at radius 1 is 0.789 bits per heavy atom. The highest BCUT2D eigenvalue weighted by Crippen LogP contribution is 2.07. The van der Waals surface area contributed by atoms with Crippen molar-refractivity contribution in [2.75, 3.05) is 0 Å². The minimum Gasteiger partial charge on any atom is -0.481 e. The Morgan fingerprint density at radius 3 is 1.32 bits per heavy atom. The maximum Gasteiger partial charge on any atom is 0.321 e. The Bertz CT molecular complexity index is 340. The summed E-state index contributed by atoms with van der Waals surface area (Å²) in [5.41, 5.74) is 0. The van der Waals surface area contributed by atoms with E-state index >= 15 is 0 Å². The predicted molar refractivity (Wildman–Crippen MR) is 61.9 cm³/mol. The number of carbonyl (C=O) groups is 4. The summed E-state index contributed by atoms with van der Waals surface area (Å²) >= 11 is 0. The van der Waals surface area contributed by atoms with Gasteiger partial charge in [0, 0.05) is 8.88 Å². The minimum absolute atomic E-state index is 0.611. The minimum atomic E-state index is -1.40. The van der Waals surface area contributed by atoms with E-state index in [1.807, 2.05) is 0 Å². The number of carboxylic acid groups (broad SMARTS) is 4. The van der Waals surface area contributed by atoms with Crippen LogP contribution in [0.2, 0.25) is 0 Å². The van der Waals surface area contributed by atoms with Gasteiger partial charge in [-0.25, -0.2) is 0 Å². The number of hydrogen-bond acceptors (Lipinski definition) is 6. The molecule has 0 aliphatic rings. The second-order valence-electron chi connectivity index (χ2n) is 3.39. The molecule has 0 radical (unpaired) electrons. The molecule has 0 saturated heterocycles. The van der Waals surface area contributed by atoms with Crippen molar-refractivity contribution < 1.29 is 39.6 Å². The lowest BCUT2D eigenvalue weighted by atomic mass is 10.2. The van der Waals surface area contributed by atoms with E-state index < -0.39 is 57.7 Å². The van der Waals surface area contributed by atoms with Crippen LogP contribution >= 0.6 is 8.88 Å².